The summed E-state index contributed by atoms with van der Waals surface area (Å²) in [5.74, 6) is 0. The van der Waals surface area contributed by atoms with Crippen LogP contribution >= 0.6 is 35.4 Å². The van der Waals surface area contributed by atoms with E-state index in [1.54, 1.807) is 16.8 Å². The molecule has 0 aliphatic heterocycles. The minimum absolute atomic E-state index is 0.0116. The van der Waals surface area contributed by atoms with Gasteiger partial charge in [0.25, 0.3) is 0 Å². The van der Waals surface area contributed by atoms with E-state index in [9.17, 15) is 0 Å². The SMILES string of the molecule is CC(C)(C)c1cc(=S)n(-c2ccc(Cl)cc2Cl)[nH]1. The van der Waals surface area contributed by atoms with Gasteiger partial charge in [0.1, 0.15) is 4.64 Å². The first-order valence-corrected chi connectivity index (χ1v) is 6.73. The van der Waals surface area contributed by atoms with Crippen LogP contribution in [0, 0.1) is 4.64 Å². The molecule has 18 heavy (non-hydrogen) atoms. The Kier molecular flexibility index (Phi) is 3.58. The lowest BCUT2D eigenvalue weighted by molar-refractivity contribution is 0.560. The van der Waals surface area contributed by atoms with Gasteiger partial charge in [-0.2, -0.15) is 0 Å². The van der Waals surface area contributed by atoms with Gasteiger partial charge < -0.3 is 0 Å². The molecule has 0 aliphatic rings. The number of aromatic nitrogens is 2. The average Bonchev–Trinajstić information content (AvgIpc) is 2.60. The molecule has 5 heteroatoms. The summed E-state index contributed by atoms with van der Waals surface area (Å²) in [6.45, 7) is 6.38. The minimum atomic E-state index is 0.0116. The molecule has 2 nitrogen and oxygen atoms in total. The van der Waals surface area contributed by atoms with Crippen LogP contribution in [-0.2, 0) is 5.41 Å². The van der Waals surface area contributed by atoms with Crippen molar-refractivity contribution in [1.82, 2.24) is 9.78 Å². The lowest BCUT2D eigenvalue weighted by Gasteiger charge is -2.16. The second kappa shape index (κ2) is 4.72. The van der Waals surface area contributed by atoms with Crippen molar-refractivity contribution in [2.24, 2.45) is 0 Å². The molecule has 0 saturated carbocycles. The number of benzene rings is 1. The van der Waals surface area contributed by atoms with Crippen molar-refractivity contribution < 1.29 is 0 Å². The van der Waals surface area contributed by atoms with Gasteiger partial charge in [-0.15, -0.1) is 0 Å². The molecule has 0 radical (unpaired) electrons. The van der Waals surface area contributed by atoms with Crippen molar-refractivity contribution in [2.45, 2.75) is 26.2 Å². The largest absolute Gasteiger partial charge is 0.296 e. The Labute approximate surface area is 122 Å². The maximum atomic E-state index is 6.19. The molecule has 2 aromatic rings. The summed E-state index contributed by atoms with van der Waals surface area (Å²) < 4.78 is 2.50. The van der Waals surface area contributed by atoms with E-state index in [0.717, 1.165) is 11.4 Å². The van der Waals surface area contributed by atoms with Gasteiger partial charge in [-0.25, -0.2) is 4.68 Å². The predicted molar refractivity (Wildman–Crippen MR) is 79.7 cm³/mol. The maximum absolute atomic E-state index is 6.19. The highest BCUT2D eigenvalue weighted by atomic mass is 35.5. The highest BCUT2D eigenvalue weighted by Gasteiger charge is 2.17. The highest BCUT2D eigenvalue weighted by Crippen LogP contribution is 2.27. The van der Waals surface area contributed by atoms with E-state index in [0.29, 0.717) is 14.7 Å². The number of hydrogen-bond acceptors (Lipinski definition) is 1. The Hall–Kier alpha value is -0.770. The van der Waals surface area contributed by atoms with E-state index in [-0.39, 0.29) is 5.41 Å². The lowest BCUT2D eigenvalue weighted by atomic mass is 9.93. The molecular weight excluding hydrogens is 287 g/mol. The number of rotatable bonds is 1. The molecule has 1 aromatic heterocycles. The number of H-pyrrole nitrogens is 1. The molecule has 1 heterocycles. The van der Waals surface area contributed by atoms with Crippen LogP contribution in [0.25, 0.3) is 5.69 Å². The van der Waals surface area contributed by atoms with Crippen molar-refractivity contribution in [2.75, 3.05) is 0 Å². The molecule has 0 saturated heterocycles. The summed E-state index contributed by atoms with van der Waals surface area (Å²) >= 11 is 17.4. The number of hydrogen-bond donors (Lipinski definition) is 1. The van der Waals surface area contributed by atoms with Gasteiger partial charge in [-0.1, -0.05) is 56.2 Å². The maximum Gasteiger partial charge on any atom is 0.128 e. The van der Waals surface area contributed by atoms with Crippen molar-refractivity contribution in [1.29, 1.82) is 0 Å². The summed E-state index contributed by atoms with van der Waals surface area (Å²) in [6.07, 6.45) is 0. The summed E-state index contributed by atoms with van der Waals surface area (Å²) in [5.41, 5.74) is 1.89. The smallest absolute Gasteiger partial charge is 0.128 e. The Bertz CT molecular complexity index is 635. The van der Waals surface area contributed by atoms with Gasteiger partial charge in [0.2, 0.25) is 0 Å². The summed E-state index contributed by atoms with van der Waals surface area (Å²) in [6, 6.07) is 7.31. The molecule has 1 N–H and O–H groups in total. The van der Waals surface area contributed by atoms with Crippen LogP contribution in [0.1, 0.15) is 26.5 Å². The van der Waals surface area contributed by atoms with Crippen molar-refractivity contribution in [3.8, 4) is 5.69 Å². The Morgan fingerprint density at radius 2 is 1.83 bits per heavy atom. The molecule has 0 atom stereocenters. The number of halogens is 2. The van der Waals surface area contributed by atoms with Gasteiger partial charge in [-0.3, -0.25) is 5.10 Å². The fraction of sp³-hybridized carbons (Fsp3) is 0.308. The Morgan fingerprint density at radius 1 is 1.17 bits per heavy atom. The van der Waals surface area contributed by atoms with Crippen LogP contribution in [-0.4, -0.2) is 9.78 Å². The van der Waals surface area contributed by atoms with Gasteiger partial charge in [-0.05, 0) is 24.3 Å². The predicted octanol–water partition coefficient (Wildman–Crippen LogP) is 5.14. The first kappa shape index (κ1) is 13.7. The Morgan fingerprint density at radius 3 is 2.33 bits per heavy atom. The molecule has 1 aromatic carbocycles. The summed E-state index contributed by atoms with van der Waals surface area (Å²) in [7, 11) is 0. The second-order valence-corrected chi connectivity index (χ2v) is 6.45. The quantitative estimate of drug-likeness (QED) is 0.723. The molecule has 96 valence electrons. The Balaban J connectivity index is 2.58. The molecule has 0 spiro atoms. The van der Waals surface area contributed by atoms with Crippen LogP contribution in [0.5, 0.6) is 0 Å². The van der Waals surface area contributed by atoms with Gasteiger partial charge in [0.15, 0.2) is 0 Å². The van der Waals surface area contributed by atoms with E-state index < -0.39 is 0 Å². The number of nitrogens with one attached hydrogen (secondary N) is 1. The first-order valence-electron chi connectivity index (χ1n) is 5.57. The van der Waals surface area contributed by atoms with Crippen LogP contribution in [0.15, 0.2) is 24.3 Å². The van der Waals surface area contributed by atoms with Gasteiger partial charge in [0.05, 0.1) is 10.7 Å². The normalized spacial score (nSPS) is 11.8. The lowest BCUT2D eigenvalue weighted by Crippen LogP contribution is -2.12. The fourth-order valence-electron chi connectivity index (χ4n) is 1.62. The molecule has 0 unspecified atom stereocenters. The third-order valence-corrected chi connectivity index (χ3v) is 3.52. The first-order chi connectivity index (χ1) is 8.29. The highest BCUT2D eigenvalue weighted by molar-refractivity contribution is 7.71. The molecule has 2 rings (SSSR count). The molecule has 0 bridgehead atoms. The zero-order chi connectivity index (χ0) is 13.5. The van der Waals surface area contributed by atoms with E-state index in [1.807, 2.05) is 12.1 Å². The summed E-state index contributed by atoms with van der Waals surface area (Å²) in [5, 5.41) is 4.46. The van der Waals surface area contributed by atoms with Gasteiger partial charge >= 0.3 is 0 Å². The van der Waals surface area contributed by atoms with E-state index >= 15 is 0 Å². The van der Waals surface area contributed by atoms with Crippen LogP contribution in [0.2, 0.25) is 10.0 Å². The molecule has 0 amide bonds. The molecule has 0 fully saturated rings. The minimum Gasteiger partial charge on any atom is -0.296 e. The van der Waals surface area contributed by atoms with Gasteiger partial charge in [0, 0.05) is 16.1 Å². The third kappa shape index (κ3) is 2.63. The summed E-state index contributed by atoms with van der Waals surface area (Å²) in [4.78, 5) is 0. The van der Waals surface area contributed by atoms with Crippen molar-refractivity contribution in [3.05, 3.63) is 44.6 Å². The van der Waals surface area contributed by atoms with Crippen LogP contribution in [0.3, 0.4) is 0 Å². The molecular formula is C13H14Cl2N2S. The average molecular weight is 301 g/mol. The zero-order valence-corrected chi connectivity index (χ0v) is 12.7. The molecule has 0 aliphatic carbocycles. The van der Waals surface area contributed by atoms with Crippen molar-refractivity contribution in [3.63, 3.8) is 0 Å². The topological polar surface area (TPSA) is 20.7 Å². The number of aromatic amines is 1. The third-order valence-electron chi connectivity index (χ3n) is 2.68. The monoisotopic (exact) mass is 300 g/mol. The van der Waals surface area contributed by atoms with E-state index in [2.05, 4.69) is 25.9 Å². The second-order valence-electron chi connectivity index (χ2n) is 5.19. The van der Waals surface area contributed by atoms with E-state index in [4.69, 9.17) is 35.4 Å². The zero-order valence-electron chi connectivity index (χ0n) is 10.4. The number of nitrogens with zero attached hydrogens (tertiary/aromatic N) is 1. The van der Waals surface area contributed by atoms with Crippen LogP contribution < -0.4 is 0 Å². The fourth-order valence-corrected chi connectivity index (χ4v) is 2.38. The standard InChI is InChI=1S/C13H14Cl2N2S/c1-13(2,3)11-7-12(18)17(16-11)10-5-4-8(14)6-9(10)15/h4-7,16H,1-3H3. The van der Waals surface area contributed by atoms with E-state index in [1.165, 1.54) is 0 Å². The van der Waals surface area contributed by atoms with Crippen LogP contribution in [0.4, 0.5) is 0 Å². The van der Waals surface area contributed by atoms with Crippen molar-refractivity contribution >= 4 is 35.4 Å².